The Hall–Kier alpha value is -2.07. The predicted molar refractivity (Wildman–Crippen MR) is 62.4 cm³/mol. The van der Waals surface area contributed by atoms with E-state index in [1.54, 1.807) is 12.1 Å². The maximum Gasteiger partial charge on any atom is 0.170 e. The van der Waals surface area contributed by atoms with Crippen LogP contribution in [0.4, 0.5) is 0 Å². The van der Waals surface area contributed by atoms with Gasteiger partial charge in [-0.25, -0.2) is 0 Å². The zero-order valence-corrected chi connectivity index (χ0v) is 8.59. The number of aliphatic hydroxyl groups excluding tert-OH is 1. The van der Waals surface area contributed by atoms with Gasteiger partial charge in [-0.05, 0) is 16.3 Å². The van der Waals surface area contributed by atoms with Crippen molar-refractivity contribution in [3.8, 4) is 0 Å². The van der Waals surface area contributed by atoms with Crippen molar-refractivity contribution in [2.75, 3.05) is 0 Å². The van der Waals surface area contributed by atoms with Crippen molar-refractivity contribution in [2.45, 2.75) is 6.61 Å². The minimum absolute atomic E-state index is 0.0308. The molecular weight excluding hydrogens is 204 g/mol. The number of nitrogens with two attached hydrogens (primary N) is 1. The quantitative estimate of drug-likeness (QED) is 0.307. The summed E-state index contributed by atoms with van der Waals surface area (Å²) in [6.07, 6.45) is 0. The number of fused-ring (bicyclic) bond motifs is 1. The molecule has 0 atom stereocenters. The lowest BCUT2D eigenvalue weighted by Gasteiger charge is -2.08. The van der Waals surface area contributed by atoms with Crippen molar-refractivity contribution < 1.29 is 10.3 Å². The summed E-state index contributed by atoms with van der Waals surface area (Å²) in [5.41, 5.74) is 7.08. The second-order valence-electron chi connectivity index (χ2n) is 3.46. The van der Waals surface area contributed by atoms with Gasteiger partial charge >= 0.3 is 0 Å². The second-order valence-corrected chi connectivity index (χ2v) is 3.46. The number of aliphatic hydroxyl groups is 1. The molecule has 0 bridgehead atoms. The third-order valence-electron chi connectivity index (χ3n) is 2.57. The van der Waals surface area contributed by atoms with E-state index in [1.807, 2.05) is 24.3 Å². The van der Waals surface area contributed by atoms with Gasteiger partial charge in [0.25, 0.3) is 0 Å². The smallest absolute Gasteiger partial charge is 0.170 e. The molecule has 0 aliphatic rings. The molecule has 2 aromatic carbocycles. The summed E-state index contributed by atoms with van der Waals surface area (Å²) >= 11 is 0. The molecule has 0 aromatic heterocycles. The molecule has 0 fully saturated rings. The zero-order chi connectivity index (χ0) is 11.5. The molecule has 0 spiro atoms. The zero-order valence-electron chi connectivity index (χ0n) is 8.59. The lowest BCUT2D eigenvalue weighted by Crippen LogP contribution is -2.13. The summed E-state index contributed by atoms with van der Waals surface area (Å²) in [5, 5.41) is 22.7. The van der Waals surface area contributed by atoms with Crippen molar-refractivity contribution in [3.63, 3.8) is 0 Å². The number of amidine groups is 1. The summed E-state index contributed by atoms with van der Waals surface area (Å²) in [7, 11) is 0. The minimum atomic E-state index is -0.0308. The third kappa shape index (κ3) is 1.59. The van der Waals surface area contributed by atoms with Gasteiger partial charge in [-0.15, -0.1) is 0 Å². The van der Waals surface area contributed by atoms with Crippen LogP contribution in [0.3, 0.4) is 0 Å². The van der Waals surface area contributed by atoms with Crippen LogP contribution in [0.2, 0.25) is 0 Å². The van der Waals surface area contributed by atoms with Crippen molar-refractivity contribution in [3.05, 3.63) is 47.5 Å². The summed E-state index contributed by atoms with van der Waals surface area (Å²) in [5.74, 6) is 0.0701. The molecule has 0 unspecified atom stereocenters. The molecule has 0 aliphatic carbocycles. The highest BCUT2D eigenvalue weighted by Gasteiger charge is 2.07. The van der Waals surface area contributed by atoms with Gasteiger partial charge in [0.2, 0.25) is 0 Å². The summed E-state index contributed by atoms with van der Waals surface area (Å²) in [6, 6.07) is 11.0. The van der Waals surface area contributed by atoms with Crippen LogP contribution in [0.15, 0.2) is 41.6 Å². The Balaban J connectivity index is 2.79. The van der Waals surface area contributed by atoms with Crippen LogP contribution in [0.5, 0.6) is 0 Å². The van der Waals surface area contributed by atoms with E-state index in [0.29, 0.717) is 5.56 Å². The molecule has 0 saturated heterocycles. The number of rotatable bonds is 2. The molecule has 4 heteroatoms. The molecular formula is C12H12N2O2. The highest BCUT2D eigenvalue weighted by atomic mass is 16.4. The molecule has 2 aromatic rings. The fourth-order valence-electron chi connectivity index (χ4n) is 1.78. The normalized spacial score (nSPS) is 11.9. The fourth-order valence-corrected chi connectivity index (χ4v) is 1.78. The maximum atomic E-state index is 9.21. The maximum absolute atomic E-state index is 9.21. The highest BCUT2D eigenvalue weighted by molar-refractivity contribution is 6.09. The minimum Gasteiger partial charge on any atom is -0.409 e. The molecule has 0 heterocycles. The first kappa shape index (κ1) is 10.4. The lowest BCUT2D eigenvalue weighted by atomic mass is 9.99. The van der Waals surface area contributed by atoms with Crippen LogP contribution in [-0.2, 0) is 6.61 Å². The first-order valence-electron chi connectivity index (χ1n) is 4.87. The highest BCUT2D eigenvalue weighted by Crippen LogP contribution is 2.22. The molecule has 2 rings (SSSR count). The third-order valence-corrected chi connectivity index (χ3v) is 2.57. The predicted octanol–water partition coefficient (Wildman–Crippen LogP) is 1.43. The number of nitrogens with zero attached hydrogens (tertiary/aromatic N) is 1. The molecule has 16 heavy (non-hydrogen) atoms. The standard InChI is InChI=1S/C12H12N2O2/c13-12(14-16)11-6-5-8(7-15)9-3-1-2-4-10(9)11/h1-6,15-16H,7H2,(H2,13,14). The first-order chi connectivity index (χ1) is 7.77. The van der Waals surface area contributed by atoms with E-state index >= 15 is 0 Å². The summed E-state index contributed by atoms with van der Waals surface area (Å²) in [4.78, 5) is 0. The lowest BCUT2D eigenvalue weighted by molar-refractivity contribution is 0.283. The second kappa shape index (κ2) is 4.20. The Labute approximate surface area is 92.6 Å². The van der Waals surface area contributed by atoms with E-state index in [0.717, 1.165) is 16.3 Å². The van der Waals surface area contributed by atoms with Gasteiger partial charge in [0.05, 0.1) is 6.61 Å². The van der Waals surface area contributed by atoms with Gasteiger partial charge in [-0.3, -0.25) is 0 Å². The van der Waals surface area contributed by atoms with E-state index in [-0.39, 0.29) is 12.4 Å². The van der Waals surface area contributed by atoms with Crippen molar-refractivity contribution in [2.24, 2.45) is 10.9 Å². The molecule has 0 amide bonds. The molecule has 4 nitrogen and oxygen atoms in total. The average Bonchev–Trinajstić information content (AvgIpc) is 2.36. The van der Waals surface area contributed by atoms with Crippen molar-refractivity contribution in [1.29, 1.82) is 0 Å². The van der Waals surface area contributed by atoms with E-state index < -0.39 is 0 Å². The van der Waals surface area contributed by atoms with E-state index in [1.165, 1.54) is 0 Å². The summed E-state index contributed by atoms with van der Waals surface area (Å²) in [6.45, 7) is -0.0308. The fraction of sp³-hybridized carbons (Fsp3) is 0.0833. The van der Waals surface area contributed by atoms with Crippen LogP contribution in [0.1, 0.15) is 11.1 Å². The summed E-state index contributed by atoms with van der Waals surface area (Å²) < 4.78 is 0. The Kier molecular flexibility index (Phi) is 2.74. The van der Waals surface area contributed by atoms with Gasteiger partial charge in [-0.1, -0.05) is 41.6 Å². The van der Waals surface area contributed by atoms with Crippen LogP contribution >= 0.6 is 0 Å². The Morgan fingerprint density at radius 1 is 1.12 bits per heavy atom. The van der Waals surface area contributed by atoms with Gasteiger partial charge in [-0.2, -0.15) is 0 Å². The largest absolute Gasteiger partial charge is 0.409 e. The van der Waals surface area contributed by atoms with Crippen LogP contribution in [0, 0.1) is 0 Å². The van der Waals surface area contributed by atoms with E-state index in [2.05, 4.69) is 5.16 Å². The van der Waals surface area contributed by atoms with Crippen molar-refractivity contribution >= 4 is 16.6 Å². The molecule has 0 aliphatic heterocycles. The van der Waals surface area contributed by atoms with E-state index in [9.17, 15) is 5.11 Å². The van der Waals surface area contributed by atoms with Crippen LogP contribution in [0.25, 0.3) is 10.8 Å². The van der Waals surface area contributed by atoms with Crippen LogP contribution in [-0.4, -0.2) is 16.1 Å². The Morgan fingerprint density at radius 2 is 1.81 bits per heavy atom. The number of oxime groups is 1. The topological polar surface area (TPSA) is 78.8 Å². The van der Waals surface area contributed by atoms with Gasteiger partial charge in [0.15, 0.2) is 5.84 Å². The number of benzene rings is 2. The molecule has 4 N–H and O–H groups in total. The van der Waals surface area contributed by atoms with Crippen LogP contribution < -0.4 is 5.73 Å². The number of hydrogen-bond acceptors (Lipinski definition) is 3. The van der Waals surface area contributed by atoms with Gasteiger partial charge in [0.1, 0.15) is 0 Å². The average molecular weight is 216 g/mol. The Bertz CT molecular complexity index is 550. The van der Waals surface area contributed by atoms with Crippen molar-refractivity contribution in [1.82, 2.24) is 0 Å². The Morgan fingerprint density at radius 3 is 2.44 bits per heavy atom. The first-order valence-corrected chi connectivity index (χ1v) is 4.87. The SMILES string of the molecule is N/C(=N\O)c1ccc(CO)c2ccccc12. The molecule has 0 radical (unpaired) electrons. The molecule has 0 saturated carbocycles. The van der Waals surface area contributed by atoms with Gasteiger partial charge in [0, 0.05) is 5.56 Å². The van der Waals surface area contributed by atoms with E-state index in [4.69, 9.17) is 10.9 Å². The van der Waals surface area contributed by atoms with Gasteiger partial charge < -0.3 is 16.0 Å². The molecule has 82 valence electrons. The number of hydrogen-bond donors (Lipinski definition) is 3. The monoisotopic (exact) mass is 216 g/mol.